The van der Waals surface area contributed by atoms with E-state index in [0.717, 1.165) is 35.7 Å². The molecule has 3 aromatic rings. The average Bonchev–Trinajstić information content (AvgIpc) is 3.27. The van der Waals surface area contributed by atoms with Crippen LogP contribution in [0.25, 0.3) is 0 Å². The predicted octanol–water partition coefficient (Wildman–Crippen LogP) is 3.52. The van der Waals surface area contributed by atoms with Gasteiger partial charge in [-0.25, -0.2) is 4.68 Å². The topological polar surface area (TPSA) is 53.4 Å². The SMILES string of the molecule is CC1=C(C(=O)N2CCN(c3ccccc3)CC2)C(c2ccccc2)n2nccc2N1. The molecule has 3 heterocycles. The standard InChI is InChI=1S/C24H25N5O/c1-18-22(23(19-8-4-2-5-9-19)29-21(26-18)12-13-25-29)24(30)28-16-14-27(15-17-28)20-10-6-3-7-11-20/h2-13,23,26H,14-17H2,1H3. The zero-order chi connectivity index (χ0) is 20.5. The summed E-state index contributed by atoms with van der Waals surface area (Å²) in [5, 5.41) is 7.89. The van der Waals surface area contributed by atoms with Crippen LogP contribution in [-0.4, -0.2) is 46.8 Å². The molecule has 2 aromatic carbocycles. The Bertz CT molecular complexity index is 1070. The van der Waals surface area contributed by atoms with E-state index in [4.69, 9.17) is 0 Å². The lowest BCUT2D eigenvalue weighted by Crippen LogP contribution is -2.50. The van der Waals surface area contributed by atoms with E-state index in [-0.39, 0.29) is 11.9 Å². The summed E-state index contributed by atoms with van der Waals surface area (Å²) in [6.45, 7) is 5.06. The first-order valence-electron chi connectivity index (χ1n) is 10.4. The molecule has 1 atom stereocenters. The van der Waals surface area contributed by atoms with E-state index in [1.165, 1.54) is 5.69 Å². The fourth-order valence-corrected chi connectivity index (χ4v) is 4.40. The fourth-order valence-electron chi connectivity index (χ4n) is 4.40. The first-order valence-corrected chi connectivity index (χ1v) is 10.4. The van der Waals surface area contributed by atoms with Crippen molar-refractivity contribution >= 4 is 17.4 Å². The highest BCUT2D eigenvalue weighted by atomic mass is 16.2. The van der Waals surface area contributed by atoms with Crippen molar-refractivity contribution in [1.82, 2.24) is 14.7 Å². The van der Waals surface area contributed by atoms with Crippen molar-refractivity contribution in [1.29, 1.82) is 0 Å². The third kappa shape index (κ3) is 3.24. The molecule has 1 fully saturated rings. The number of hydrogen-bond acceptors (Lipinski definition) is 4. The van der Waals surface area contributed by atoms with Crippen LogP contribution in [0.4, 0.5) is 11.5 Å². The number of amides is 1. The van der Waals surface area contributed by atoms with Gasteiger partial charge in [0.1, 0.15) is 11.9 Å². The summed E-state index contributed by atoms with van der Waals surface area (Å²) >= 11 is 0. The molecular formula is C24H25N5O. The van der Waals surface area contributed by atoms with E-state index in [9.17, 15) is 4.79 Å². The number of carbonyl (C=O) groups is 1. The maximum atomic E-state index is 13.7. The lowest BCUT2D eigenvalue weighted by molar-refractivity contribution is -0.127. The van der Waals surface area contributed by atoms with Crippen molar-refractivity contribution in [2.45, 2.75) is 13.0 Å². The molecule has 0 aliphatic carbocycles. The van der Waals surface area contributed by atoms with Crippen molar-refractivity contribution < 1.29 is 4.79 Å². The van der Waals surface area contributed by atoms with Gasteiger partial charge in [0.25, 0.3) is 5.91 Å². The summed E-state index contributed by atoms with van der Waals surface area (Å²) in [5.74, 6) is 0.995. The lowest BCUT2D eigenvalue weighted by atomic mass is 9.94. The normalized spacial score (nSPS) is 18.8. The van der Waals surface area contributed by atoms with Crippen LogP contribution in [-0.2, 0) is 4.79 Å². The Kier molecular flexibility index (Phi) is 4.75. The van der Waals surface area contributed by atoms with Crippen molar-refractivity contribution in [3.05, 3.63) is 89.8 Å². The summed E-state index contributed by atoms with van der Waals surface area (Å²) in [7, 11) is 0. The molecule has 1 aromatic heterocycles. The molecule has 1 saturated heterocycles. The molecule has 2 aliphatic heterocycles. The number of rotatable bonds is 3. The Balaban J connectivity index is 1.41. The Labute approximate surface area is 176 Å². The maximum Gasteiger partial charge on any atom is 0.254 e. The number of allylic oxidation sites excluding steroid dienone is 1. The Morgan fingerprint density at radius 2 is 1.60 bits per heavy atom. The Hall–Kier alpha value is -3.54. The number of aromatic nitrogens is 2. The van der Waals surface area contributed by atoms with Crippen molar-refractivity contribution in [2.24, 2.45) is 0 Å². The zero-order valence-corrected chi connectivity index (χ0v) is 17.0. The minimum absolute atomic E-state index is 0.0858. The van der Waals surface area contributed by atoms with Crippen molar-refractivity contribution in [3.8, 4) is 0 Å². The van der Waals surface area contributed by atoms with Crippen LogP contribution in [0, 0.1) is 0 Å². The van der Waals surface area contributed by atoms with E-state index in [2.05, 4.69) is 51.7 Å². The molecule has 1 amide bonds. The molecule has 1 unspecified atom stereocenters. The quantitative estimate of drug-likeness (QED) is 0.732. The van der Waals surface area contributed by atoms with E-state index >= 15 is 0 Å². The van der Waals surface area contributed by atoms with Crippen LogP contribution >= 0.6 is 0 Å². The number of fused-ring (bicyclic) bond motifs is 1. The summed E-state index contributed by atoms with van der Waals surface area (Å²) in [6, 6.07) is 22.3. The number of piperazine rings is 1. The molecule has 6 heteroatoms. The highest BCUT2D eigenvalue weighted by molar-refractivity contribution is 5.97. The third-order valence-corrected chi connectivity index (χ3v) is 5.94. The maximum absolute atomic E-state index is 13.7. The number of benzene rings is 2. The lowest BCUT2D eigenvalue weighted by Gasteiger charge is -2.38. The second-order valence-corrected chi connectivity index (χ2v) is 7.75. The predicted molar refractivity (Wildman–Crippen MR) is 118 cm³/mol. The second-order valence-electron chi connectivity index (χ2n) is 7.75. The fraction of sp³-hybridized carbons (Fsp3) is 0.250. The molecule has 0 saturated carbocycles. The monoisotopic (exact) mass is 399 g/mol. The molecule has 1 N–H and O–H groups in total. The summed E-state index contributed by atoms with van der Waals surface area (Å²) in [4.78, 5) is 18.0. The molecule has 5 rings (SSSR count). The van der Waals surface area contributed by atoms with Crippen LogP contribution in [0.1, 0.15) is 18.5 Å². The minimum Gasteiger partial charge on any atom is -0.368 e. The molecule has 152 valence electrons. The van der Waals surface area contributed by atoms with E-state index in [1.807, 2.05) is 46.8 Å². The van der Waals surface area contributed by atoms with Gasteiger partial charge in [-0.3, -0.25) is 4.79 Å². The largest absolute Gasteiger partial charge is 0.368 e. The third-order valence-electron chi connectivity index (χ3n) is 5.94. The Morgan fingerprint density at radius 3 is 2.30 bits per heavy atom. The van der Waals surface area contributed by atoms with Crippen LogP contribution in [0.3, 0.4) is 0 Å². The molecule has 6 nitrogen and oxygen atoms in total. The van der Waals surface area contributed by atoms with Gasteiger partial charge in [0.2, 0.25) is 0 Å². The first kappa shape index (κ1) is 18.5. The zero-order valence-electron chi connectivity index (χ0n) is 17.0. The van der Waals surface area contributed by atoms with Crippen molar-refractivity contribution in [3.63, 3.8) is 0 Å². The van der Waals surface area contributed by atoms with Crippen LogP contribution in [0.2, 0.25) is 0 Å². The van der Waals surface area contributed by atoms with Gasteiger partial charge < -0.3 is 15.1 Å². The smallest absolute Gasteiger partial charge is 0.254 e. The second kappa shape index (κ2) is 7.71. The highest BCUT2D eigenvalue weighted by Gasteiger charge is 2.35. The number of nitrogens with one attached hydrogen (secondary N) is 1. The molecule has 0 bridgehead atoms. The summed E-state index contributed by atoms with van der Waals surface area (Å²) < 4.78 is 1.91. The van der Waals surface area contributed by atoms with Gasteiger partial charge in [0.15, 0.2) is 0 Å². The summed E-state index contributed by atoms with van der Waals surface area (Å²) in [6.07, 6.45) is 1.78. The number of nitrogens with zero attached hydrogens (tertiary/aromatic N) is 4. The van der Waals surface area contributed by atoms with E-state index < -0.39 is 0 Å². The van der Waals surface area contributed by atoms with Gasteiger partial charge in [0, 0.05) is 43.6 Å². The van der Waals surface area contributed by atoms with Gasteiger partial charge in [-0.05, 0) is 24.6 Å². The van der Waals surface area contributed by atoms with Crippen molar-refractivity contribution in [2.75, 3.05) is 36.4 Å². The highest BCUT2D eigenvalue weighted by Crippen LogP contribution is 2.36. The average molecular weight is 399 g/mol. The number of para-hydroxylation sites is 1. The molecular weight excluding hydrogens is 374 g/mol. The first-order chi connectivity index (χ1) is 14.7. The Morgan fingerprint density at radius 1 is 0.933 bits per heavy atom. The molecule has 2 aliphatic rings. The summed E-state index contributed by atoms with van der Waals surface area (Å²) in [5.41, 5.74) is 3.94. The van der Waals surface area contributed by atoms with Crippen LogP contribution in [0.5, 0.6) is 0 Å². The molecule has 0 spiro atoms. The number of carbonyl (C=O) groups excluding carboxylic acids is 1. The molecule has 30 heavy (non-hydrogen) atoms. The van der Waals surface area contributed by atoms with Gasteiger partial charge in [-0.1, -0.05) is 48.5 Å². The molecule has 0 radical (unpaired) electrons. The van der Waals surface area contributed by atoms with Crippen LogP contribution < -0.4 is 10.2 Å². The van der Waals surface area contributed by atoms with E-state index in [1.54, 1.807) is 6.20 Å². The number of anilines is 2. The van der Waals surface area contributed by atoms with E-state index in [0.29, 0.717) is 13.1 Å². The van der Waals surface area contributed by atoms with Gasteiger partial charge in [0.05, 0.1) is 11.8 Å². The number of hydrogen-bond donors (Lipinski definition) is 1. The minimum atomic E-state index is -0.225. The van der Waals surface area contributed by atoms with Crippen LogP contribution in [0.15, 0.2) is 84.2 Å². The van der Waals surface area contributed by atoms with Gasteiger partial charge in [-0.2, -0.15) is 5.10 Å². The van der Waals surface area contributed by atoms with Gasteiger partial charge in [-0.15, -0.1) is 0 Å². The van der Waals surface area contributed by atoms with Gasteiger partial charge >= 0.3 is 0 Å².